The number of halogens is 1. The number of aryl methyl sites for hydroxylation is 1. The number of amides is 1. The van der Waals surface area contributed by atoms with Gasteiger partial charge in [-0.05, 0) is 58.6 Å². The number of pyridine rings is 1. The third-order valence-electron chi connectivity index (χ3n) is 5.87. The molecule has 1 aliphatic carbocycles. The maximum absolute atomic E-state index is 15.3. The fourth-order valence-corrected chi connectivity index (χ4v) is 4.41. The van der Waals surface area contributed by atoms with Crippen molar-refractivity contribution in [1.82, 2.24) is 9.88 Å². The fourth-order valence-electron chi connectivity index (χ4n) is 4.41. The van der Waals surface area contributed by atoms with Gasteiger partial charge in [0.15, 0.2) is 0 Å². The maximum atomic E-state index is 15.3. The first-order valence-electron chi connectivity index (χ1n) is 10.8. The van der Waals surface area contributed by atoms with Crippen LogP contribution in [0.25, 0.3) is 10.9 Å². The third kappa shape index (κ3) is 4.16. The minimum Gasteiger partial charge on any atom is -0.477 e. The predicted octanol–water partition coefficient (Wildman–Crippen LogP) is 3.59. The molecule has 2 N–H and O–H groups in total. The van der Waals surface area contributed by atoms with Gasteiger partial charge in [0, 0.05) is 30.7 Å². The molecular weight excluding hydrogens is 417 g/mol. The lowest BCUT2D eigenvalue weighted by atomic mass is 10.0. The van der Waals surface area contributed by atoms with Crippen molar-refractivity contribution in [2.24, 2.45) is 0 Å². The summed E-state index contributed by atoms with van der Waals surface area (Å²) in [4.78, 5) is 38.3. The largest absolute Gasteiger partial charge is 0.477 e. The van der Waals surface area contributed by atoms with E-state index in [1.807, 2.05) is 9.47 Å². The molecule has 172 valence electrons. The first-order chi connectivity index (χ1) is 15.0. The van der Waals surface area contributed by atoms with Gasteiger partial charge in [0.2, 0.25) is 5.43 Å². The molecule has 1 atom stereocenters. The molecule has 1 saturated carbocycles. The van der Waals surface area contributed by atoms with E-state index in [1.165, 1.54) is 6.20 Å². The third-order valence-corrected chi connectivity index (χ3v) is 5.87. The van der Waals surface area contributed by atoms with Gasteiger partial charge in [0.05, 0.1) is 17.2 Å². The van der Waals surface area contributed by atoms with Gasteiger partial charge in [-0.2, -0.15) is 0 Å². The Morgan fingerprint density at radius 2 is 1.94 bits per heavy atom. The fraction of sp³-hybridized carbons (Fsp3) is 0.522. The Hall–Kier alpha value is -3.10. The van der Waals surface area contributed by atoms with Crippen LogP contribution in [-0.2, 0) is 4.74 Å². The van der Waals surface area contributed by atoms with Gasteiger partial charge in [-0.25, -0.2) is 14.0 Å². The number of nitrogens with zero attached hydrogens (tertiary/aromatic N) is 2. The number of carboxylic acid groups (broad SMARTS) is 1. The van der Waals surface area contributed by atoms with Crippen molar-refractivity contribution >= 4 is 28.7 Å². The van der Waals surface area contributed by atoms with Crippen LogP contribution in [0.5, 0.6) is 0 Å². The molecule has 8 nitrogen and oxygen atoms in total. The van der Waals surface area contributed by atoms with Crippen LogP contribution in [0.4, 0.5) is 14.9 Å². The van der Waals surface area contributed by atoms with Crippen molar-refractivity contribution in [3.8, 4) is 0 Å². The molecule has 2 aromatic rings. The van der Waals surface area contributed by atoms with Crippen molar-refractivity contribution in [3.63, 3.8) is 0 Å². The first kappa shape index (κ1) is 22.1. The summed E-state index contributed by atoms with van der Waals surface area (Å²) >= 11 is 0. The van der Waals surface area contributed by atoms with Crippen LogP contribution in [0.1, 0.15) is 62.0 Å². The standard InChI is InChI=1S/C23H28FN3O5/c1-12-18-15(20(28)16(21(29)30)11-27(18)14-5-6-14)9-17(24)19(12)26-8-7-13(10-26)25-22(31)32-23(2,3)4/h9,11,13-14H,5-8,10H2,1-4H3,(H,25,31)(H,29,30). The number of carboxylic acids is 1. The highest BCUT2D eigenvalue weighted by Crippen LogP contribution is 2.40. The van der Waals surface area contributed by atoms with Gasteiger partial charge in [0.1, 0.15) is 17.0 Å². The number of benzene rings is 1. The molecule has 1 aliphatic heterocycles. The number of hydrogen-bond acceptors (Lipinski definition) is 5. The van der Waals surface area contributed by atoms with Crippen LogP contribution in [0.15, 0.2) is 17.1 Å². The Bertz CT molecular complexity index is 1160. The quantitative estimate of drug-likeness (QED) is 0.746. The van der Waals surface area contributed by atoms with Gasteiger partial charge >= 0.3 is 12.1 Å². The second-order valence-corrected chi connectivity index (χ2v) is 9.62. The van der Waals surface area contributed by atoms with Crippen LogP contribution in [-0.4, -0.2) is 46.5 Å². The number of hydrogen-bond donors (Lipinski definition) is 2. The number of alkyl carbamates (subject to hydrolysis) is 1. The van der Waals surface area contributed by atoms with Gasteiger partial charge in [-0.3, -0.25) is 4.79 Å². The van der Waals surface area contributed by atoms with E-state index in [1.54, 1.807) is 27.7 Å². The Morgan fingerprint density at radius 3 is 2.53 bits per heavy atom. The molecule has 1 amide bonds. The van der Waals surface area contributed by atoms with E-state index in [9.17, 15) is 19.5 Å². The lowest BCUT2D eigenvalue weighted by Crippen LogP contribution is -2.40. The van der Waals surface area contributed by atoms with Gasteiger partial charge in [-0.1, -0.05) is 0 Å². The molecule has 1 aromatic carbocycles. The molecule has 2 fully saturated rings. The van der Waals surface area contributed by atoms with Gasteiger partial charge in [0.25, 0.3) is 0 Å². The van der Waals surface area contributed by atoms with Crippen molar-refractivity contribution in [2.45, 2.75) is 64.6 Å². The summed E-state index contributed by atoms with van der Waals surface area (Å²) in [6, 6.07) is 1.06. The Morgan fingerprint density at radius 1 is 1.25 bits per heavy atom. The first-order valence-corrected chi connectivity index (χ1v) is 10.8. The van der Waals surface area contributed by atoms with E-state index in [4.69, 9.17) is 4.74 Å². The molecule has 9 heteroatoms. The lowest BCUT2D eigenvalue weighted by Gasteiger charge is -2.25. The van der Waals surface area contributed by atoms with Crippen LogP contribution >= 0.6 is 0 Å². The van der Waals surface area contributed by atoms with Crippen molar-refractivity contribution in [3.05, 3.63) is 39.4 Å². The summed E-state index contributed by atoms with van der Waals surface area (Å²) in [5.74, 6) is -1.89. The molecule has 0 bridgehead atoms. The van der Waals surface area contributed by atoms with E-state index < -0.39 is 28.9 Å². The Balaban J connectivity index is 1.69. The highest BCUT2D eigenvalue weighted by Gasteiger charge is 2.32. The van der Waals surface area contributed by atoms with E-state index >= 15 is 4.39 Å². The van der Waals surface area contributed by atoms with Crippen LogP contribution in [0, 0.1) is 12.7 Å². The summed E-state index contributed by atoms with van der Waals surface area (Å²) in [5.41, 5.74) is -0.0863. The smallest absolute Gasteiger partial charge is 0.407 e. The highest BCUT2D eigenvalue weighted by atomic mass is 19.1. The molecule has 4 rings (SSSR count). The number of aromatic carboxylic acids is 1. The highest BCUT2D eigenvalue weighted by molar-refractivity contribution is 5.95. The average molecular weight is 445 g/mol. The van der Waals surface area contributed by atoms with Crippen molar-refractivity contribution in [2.75, 3.05) is 18.0 Å². The molecule has 0 spiro atoms. The zero-order valence-corrected chi connectivity index (χ0v) is 18.7. The van der Waals surface area contributed by atoms with E-state index in [2.05, 4.69) is 5.32 Å². The molecule has 0 radical (unpaired) electrons. The molecule has 1 unspecified atom stereocenters. The molecule has 2 aliphatic rings. The number of nitrogens with one attached hydrogen (secondary N) is 1. The van der Waals surface area contributed by atoms with Crippen LogP contribution in [0.3, 0.4) is 0 Å². The molecular formula is C23H28FN3O5. The number of aromatic nitrogens is 1. The van der Waals surface area contributed by atoms with Crippen molar-refractivity contribution in [1.29, 1.82) is 0 Å². The number of carbonyl (C=O) groups excluding carboxylic acids is 1. The van der Waals surface area contributed by atoms with E-state index in [-0.39, 0.29) is 23.0 Å². The molecule has 32 heavy (non-hydrogen) atoms. The van der Waals surface area contributed by atoms with Crippen LogP contribution < -0.4 is 15.6 Å². The van der Waals surface area contributed by atoms with Crippen molar-refractivity contribution < 1.29 is 23.8 Å². The normalized spacial score (nSPS) is 18.8. The number of fused-ring (bicyclic) bond motifs is 1. The van der Waals surface area contributed by atoms with Crippen LogP contribution in [0.2, 0.25) is 0 Å². The monoisotopic (exact) mass is 445 g/mol. The average Bonchev–Trinajstić information content (AvgIpc) is 3.41. The lowest BCUT2D eigenvalue weighted by molar-refractivity contribution is 0.0508. The number of ether oxygens (including phenoxy) is 1. The predicted molar refractivity (Wildman–Crippen MR) is 118 cm³/mol. The summed E-state index contributed by atoms with van der Waals surface area (Å²) in [7, 11) is 0. The summed E-state index contributed by atoms with van der Waals surface area (Å²) in [5, 5.41) is 12.3. The maximum Gasteiger partial charge on any atom is 0.407 e. The number of anilines is 1. The second-order valence-electron chi connectivity index (χ2n) is 9.62. The summed E-state index contributed by atoms with van der Waals surface area (Å²) in [6.45, 7) is 8.06. The molecule has 1 saturated heterocycles. The summed E-state index contributed by atoms with van der Waals surface area (Å²) in [6.07, 6.45) is 3.27. The van der Waals surface area contributed by atoms with E-state index in [0.29, 0.717) is 36.3 Å². The van der Waals surface area contributed by atoms with E-state index in [0.717, 1.165) is 18.9 Å². The molecule has 2 heterocycles. The SMILES string of the molecule is Cc1c(N2CCC(NC(=O)OC(C)(C)C)C2)c(F)cc2c(=O)c(C(=O)O)cn(C3CC3)c12. The minimum absolute atomic E-state index is 0.0816. The zero-order chi connectivity index (χ0) is 23.4. The topological polar surface area (TPSA) is 101 Å². The Labute approximate surface area is 185 Å². The second kappa shape index (κ2) is 7.79. The number of carbonyl (C=O) groups is 2. The summed E-state index contributed by atoms with van der Waals surface area (Å²) < 4.78 is 22.4. The van der Waals surface area contributed by atoms with Gasteiger partial charge in [-0.15, -0.1) is 0 Å². The van der Waals surface area contributed by atoms with Gasteiger partial charge < -0.3 is 24.6 Å². The molecule has 1 aromatic heterocycles. The Kier molecular flexibility index (Phi) is 5.38. The zero-order valence-electron chi connectivity index (χ0n) is 18.7. The minimum atomic E-state index is -1.32. The number of rotatable bonds is 4.